The number of esters is 1. The average Bonchev–Trinajstić information content (AvgIpc) is 2.28. The summed E-state index contributed by atoms with van der Waals surface area (Å²) >= 11 is 0. The molecule has 0 aliphatic heterocycles. The molecule has 0 unspecified atom stereocenters. The minimum absolute atomic E-state index is 0.0634. The van der Waals surface area contributed by atoms with Crippen molar-refractivity contribution in [2.45, 2.75) is 13.3 Å². The van der Waals surface area contributed by atoms with Gasteiger partial charge in [0.05, 0.1) is 17.2 Å². The first-order valence-corrected chi connectivity index (χ1v) is 4.78. The zero-order valence-corrected chi connectivity index (χ0v) is 9.22. The standard InChI is InChI=1S/C9H9F2N3O4/c1-2-18-9(15)7-5(14(16)17)3-4(12)6(13-7)8(10)11/h3,8H,2,12H2,1H3. The highest BCUT2D eigenvalue weighted by Gasteiger charge is 2.28. The Morgan fingerprint density at radius 2 is 2.28 bits per heavy atom. The second kappa shape index (κ2) is 5.34. The molecule has 98 valence electrons. The molecule has 0 aliphatic rings. The summed E-state index contributed by atoms with van der Waals surface area (Å²) in [7, 11) is 0. The van der Waals surface area contributed by atoms with Gasteiger partial charge < -0.3 is 10.5 Å². The maximum atomic E-state index is 12.5. The van der Waals surface area contributed by atoms with Gasteiger partial charge >= 0.3 is 11.7 Å². The summed E-state index contributed by atoms with van der Waals surface area (Å²) in [5.74, 6) is -1.15. The molecule has 18 heavy (non-hydrogen) atoms. The van der Waals surface area contributed by atoms with Gasteiger partial charge in [0.1, 0.15) is 5.69 Å². The molecule has 1 aromatic rings. The fourth-order valence-electron chi connectivity index (χ4n) is 1.20. The van der Waals surface area contributed by atoms with E-state index < -0.39 is 40.1 Å². The van der Waals surface area contributed by atoms with Gasteiger partial charge in [-0.15, -0.1) is 0 Å². The maximum Gasteiger partial charge on any atom is 0.364 e. The Bertz CT molecular complexity index is 493. The van der Waals surface area contributed by atoms with E-state index in [1.807, 2.05) is 0 Å². The van der Waals surface area contributed by atoms with Crippen molar-refractivity contribution in [3.8, 4) is 0 Å². The lowest BCUT2D eigenvalue weighted by molar-refractivity contribution is -0.385. The van der Waals surface area contributed by atoms with E-state index in [4.69, 9.17) is 5.73 Å². The quantitative estimate of drug-likeness (QED) is 0.501. The number of alkyl halides is 2. The molecule has 1 rings (SSSR count). The number of hydrogen-bond acceptors (Lipinski definition) is 6. The number of rotatable bonds is 4. The predicted molar refractivity (Wildman–Crippen MR) is 56.2 cm³/mol. The van der Waals surface area contributed by atoms with Crippen molar-refractivity contribution in [2.75, 3.05) is 12.3 Å². The van der Waals surface area contributed by atoms with E-state index >= 15 is 0 Å². The largest absolute Gasteiger partial charge is 0.461 e. The zero-order valence-electron chi connectivity index (χ0n) is 9.22. The number of carbonyl (C=O) groups excluding carboxylic acids is 1. The van der Waals surface area contributed by atoms with Crippen LogP contribution in [-0.2, 0) is 4.74 Å². The molecule has 0 saturated carbocycles. The molecule has 0 aromatic carbocycles. The Kier molecular flexibility index (Phi) is 4.08. The number of carbonyl (C=O) groups is 1. The molecule has 7 nitrogen and oxygen atoms in total. The lowest BCUT2D eigenvalue weighted by Crippen LogP contribution is -2.13. The van der Waals surface area contributed by atoms with Crippen LogP contribution in [0.25, 0.3) is 0 Å². The highest BCUT2D eigenvalue weighted by molar-refractivity contribution is 5.92. The summed E-state index contributed by atoms with van der Waals surface area (Å²) in [6.07, 6.45) is -3.04. The van der Waals surface area contributed by atoms with Crippen LogP contribution >= 0.6 is 0 Å². The molecular formula is C9H9F2N3O4. The number of hydrogen-bond donors (Lipinski definition) is 1. The van der Waals surface area contributed by atoms with E-state index in [-0.39, 0.29) is 6.61 Å². The van der Waals surface area contributed by atoms with Crippen molar-refractivity contribution in [3.63, 3.8) is 0 Å². The number of nitrogens with two attached hydrogens (primary N) is 1. The Morgan fingerprint density at radius 1 is 1.67 bits per heavy atom. The van der Waals surface area contributed by atoms with Gasteiger partial charge in [-0.3, -0.25) is 10.1 Å². The number of ether oxygens (including phenoxy) is 1. The van der Waals surface area contributed by atoms with Gasteiger partial charge in [-0.1, -0.05) is 0 Å². The van der Waals surface area contributed by atoms with Crippen molar-refractivity contribution in [1.82, 2.24) is 4.98 Å². The van der Waals surface area contributed by atoms with Crippen molar-refractivity contribution < 1.29 is 23.2 Å². The molecule has 0 amide bonds. The zero-order chi connectivity index (χ0) is 13.9. The summed E-state index contributed by atoms with van der Waals surface area (Å²) in [4.78, 5) is 24.3. The third-order valence-electron chi connectivity index (χ3n) is 1.94. The van der Waals surface area contributed by atoms with Gasteiger partial charge in [0.25, 0.3) is 6.43 Å². The van der Waals surface area contributed by atoms with Crippen LogP contribution in [0.5, 0.6) is 0 Å². The van der Waals surface area contributed by atoms with E-state index in [0.717, 1.165) is 0 Å². The Morgan fingerprint density at radius 3 is 2.72 bits per heavy atom. The van der Waals surface area contributed by atoms with Crippen molar-refractivity contribution >= 4 is 17.3 Å². The van der Waals surface area contributed by atoms with Gasteiger partial charge in [0, 0.05) is 6.07 Å². The predicted octanol–water partition coefficient (Wildman–Crippen LogP) is 1.69. The van der Waals surface area contributed by atoms with Gasteiger partial charge in [-0.05, 0) is 6.92 Å². The third-order valence-corrected chi connectivity index (χ3v) is 1.94. The highest BCUT2D eigenvalue weighted by atomic mass is 19.3. The summed E-state index contributed by atoms with van der Waals surface area (Å²) in [5, 5.41) is 10.7. The number of halogens is 2. The van der Waals surface area contributed by atoms with Crippen LogP contribution in [0.1, 0.15) is 29.5 Å². The van der Waals surface area contributed by atoms with Gasteiger partial charge in [-0.2, -0.15) is 0 Å². The van der Waals surface area contributed by atoms with Gasteiger partial charge in [0.2, 0.25) is 5.69 Å². The number of nitrogens with zero attached hydrogens (tertiary/aromatic N) is 2. The molecule has 0 radical (unpaired) electrons. The molecule has 0 atom stereocenters. The molecule has 9 heteroatoms. The summed E-state index contributed by atoms with van der Waals surface area (Å²) in [6, 6.07) is 0.667. The van der Waals surface area contributed by atoms with Gasteiger partial charge in [0.15, 0.2) is 0 Å². The molecular weight excluding hydrogens is 252 g/mol. The van der Waals surface area contributed by atoms with E-state index in [9.17, 15) is 23.7 Å². The van der Waals surface area contributed by atoms with Crippen LogP contribution in [0, 0.1) is 10.1 Å². The fraction of sp³-hybridized carbons (Fsp3) is 0.333. The van der Waals surface area contributed by atoms with E-state index in [2.05, 4.69) is 9.72 Å². The third kappa shape index (κ3) is 2.67. The van der Waals surface area contributed by atoms with E-state index in [0.29, 0.717) is 6.07 Å². The lowest BCUT2D eigenvalue weighted by atomic mass is 10.2. The molecule has 0 spiro atoms. The van der Waals surface area contributed by atoms with Crippen molar-refractivity contribution in [3.05, 3.63) is 27.6 Å². The number of anilines is 1. The first-order valence-electron chi connectivity index (χ1n) is 4.78. The average molecular weight is 261 g/mol. The molecule has 1 heterocycles. The molecule has 1 aromatic heterocycles. The van der Waals surface area contributed by atoms with Crippen molar-refractivity contribution in [2.24, 2.45) is 0 Å². The van der Waals surface area contributed by atoms with Crippen LogP contribution in [-0.4, -0.2) is 22.5 Å². The smallest absolute Gasteiger partial charge is 0.364 e. The number of nitro groups is 1. The van der Waals surface area contributed by atoms with Crippen LogP contribution in [0.15, 0.2) is 6.07 Å². The SMILES string of the molecule is CCOC(=O)c1nc(C(F)F)c(N)cc1[N+](=O)[O-]. The molecule has 0 aliphatic carbocycles. The maximum absolute atomic E-state index is 12.5. The molecule has 0 fully saturated rings. The molecule has 2 N–H and O–H groups in total. The van der Waals surface area contributed by atoms with Gasteiger partial charge in [-0.25, -0.2) is 18.6 Å². The Hall–Kier alpha value is -2.32. The van der Waals surface area contributed by atoms with Crippen LogP contribution in [0.3, 0.4) is 0 Å². The molecule has 0 bridgehead atoms. The normalized spacial score (nSPS) is 10.4. The number of nitrogen functional groups attached to an aromatic ring is 1. The summed E-state index contributed by atoms with van der Waals surface area (Å²) < 4.78 is 29.6. The van der Waals surface area contributed by atoms with E-state index in [1.54, 1.807) is 0 Å². The van der Waals surface area contributed by atoms with Crippen LogP contribution in [0.2, 0.25) is 0 Å². The van der Waals surface area contributed by atoms with Crippen LogP contribution < -0.4 is 5.73 Å². The number of pyridine rings is 1. The second-order valence-electron chi connectivity index (χ2n) is 3.11. The minimum atomic E-state index is -3.04. The monoisotopic (exact) mass is 261 g/mol. The highest BCUT2D eigenvalue weighted by Crippen LogP contribution is 2.29. The van der Waals surface area contributed by atoms with E-state index in [1.165, 1.54) is 6.92 Å². The van der Waals surface area contributed by atoms with Crippen LogP contribution in [0.4, 0.5) is 20.2 Å². The second-order valence-corrected chi connectivity index (χ2v) is 3.11. The minimum Gasteiger partial charge on any atom is -0.461 e. The topological polar surface area (TPSA) is 108 Å². The van der Waals surface area contributed by atoms with Crippen molar-refractivity contribution in [1.29, 1.82) is 0 Å². The lowest BCUT2D eigenvalue weighted by Gasteiger charge is -2.07. The summed E-state index contributed by atoms with van der Waals surface area (Å²) in [6.45, 7) is 1.40. The fourth-order valence-corrected chi connectivity index (χ4v) is 1.20. The Balaban J connectivity index is 3.40. The molecule has 0 saturated heterocycles. The summed E-state index contributed by atoms with van der Waals surface area (Å²) in [5.41, 5.74) is 2.21. The first kappa shape index (κ1) is 13.7. The first-order chi connectivity index (χ1) is 8.38. The Labute approximate surface area is 99.7 Å². The number of aromatic nitrogens is 1.